The zero-order chi connectivity index (χ0) is 14.4. The minimum absolute atomic E-state index is 0.0811. The van der Waals surface area contributed by atoms with Crippen LogP contribution in [0.4, 0.5) is 0 Å². The van der Waals surface area contributed by atoms with Crippen LogP contribution in [0.15, 0.2) is 24.5 Å². The Labute approximate surface area is 118 Å². The SMILES string of the molecule is CCCOc1ccc(CO)c(OCc2ncnn2C)c1. The molecule has 0 unspecified atom stereocenters. The maximum atomic E-state index is 9.34. The Hall–Kier alpha value is -2.08. The van der Waals surface area contributed by atoms with E-state index < -0.39 is 0 Å². The number of nitrogens with zero attached hydrogens (tertiary/aromatic N) is 3. The number of aromatic nitrogens is 3. The Kier molecular flexibility index (Phi) is 4.95. The first kappa shape index (κ1) is 14.3. The molecular weight excluding hydrogens is 258 g/mol. The van der Waals surface area contributed by atoms with Gasteiger partial charge < -0.3 is 14.6 Å². The molecule has 108 valence electrons. The Bertz CT molecular complexity index is 554. The number of benzene rings is 1. The first-order chi connectivity index (χ1) is 9.74. The fourth-order valence-corrected chi connectivity index (χ4v) is 1.70. The lowest BCUT2D eigenvalue weighted by Gasteiger charge is -2.12. The number of hydrogen-bond donors (Lipinski definition) is 1. The Morgan fingerprint density at radius 2 is 2.15 bits per heavy atom. The molecule has 0 saturated carbocycles. The summed E-state index contributed by atoms with van der Waals surface area (Å²) in [6.45, 7) is 2.91. The number of aliphatic hydroxyl groups excluding tert-OH is 1. The van der Waals surface area contributed by atoms with E-state index in [2.05, 4.69) is 10.1 Å². The quantitative estimate of drug-likeness (QED) is 0.833. The van der Waals surface area contributed by atoms with E-state index in [1.165, 1.54) is 6.33 Å². The molecule has 2 aromatic rings. The van der Waals surface area contributed by atoms with Crippen molar-refractivity contribution in [3.05, 3.63) is 35.9 Å². The summed E-state index contributed by atoms with van der Waals surface area (Å²) in [7, 11) is 1.80. The zero-order valence-corrected chi connectivity index (χ0v) is 11.7. The van der Waals surface area contributed by atoms with Crippen molar-refractivity contribution < 1.29 is 14.6 Å². The van der Waals surface area contributed by atoms with Crippen molar-refractivity contribution in [2.75, 3.05) is 6.61 Å². The molecule has 0 aliphatic heterocycles. The van der Waals surface area contributed by atoms with Crippen molar-refractivity contribution in [3.63, 3.8) is 0 Å². The minimum atomic E-state index is -0.0811. The summed E-state index contributed by atoms with van der Waals surface area (Å²) in [5.74, 6) is 2.05. The predicted molar refractivity (Wildman–Crippen MR) is 73.5 cm³/mol. The fourth-order valence-electron chi connectivity index (χ4n) is 1.70. The van der Waals surface area contributed by atoms with Crippen LogP contribution in [-0.4, -0.2) is 26.5 Å². The standard InChI is InChI=1S/C14H19N3O3/c1-3-6-19-12-5-4-11(8-18)13(7-12)20-9-14-15-10-16-17(14)2/h4-5,7,10,18H,3,6,8-9H2,1-2H3. The third-order valence-corrected chi connectivity index (χ3v) is 2.84. The topological polar surface area (TPSA) is 69.4 Å². The molecule has 6 nitrogen and oxygen atoms in total. The summed E-state index contributed by atoms with van der Waals surface area (Å²) >= 11 is 0. The van der Waals surface area contributed by atoms with Crippen molar-refractivity contribution in [2.45, 2.75) is 26.6 Å². The average Bonchev–Trinajstić information content (AvgIpc) is 2.88. The maximum Gasteiger partial charge on any atom is 0.164 e. The molecule has 1 heterocycles. The van der Waals surface area contributed by atoms with Gasteiger partial charge in [0.05, 0.1) is 13.2 Å². The first-order valence-corrected chi connectivity index (χ1v) is 6.56. The van der Waals surface area contributed by atoms with Gasteiger partial charge >= 0.3 is 0 Å². The van der Waals surface area contributed by atoms with E-state index in [-0.39, 0.29) is 6.61 Å². The van der Waals surface area contributed by atoms with Crippen LogP contribution in [-0.2, 0) is 20.3 Å². The van der Waals surface area contributed by atoms with Crippen LogP contribution in [0, 0.1) is 0 Å². The van der Waals surface area contributed by atoms with E-state index in [1.807, 2.05) is 13.0 Å². The maximum absolute atomic E-state index is 9.34. The molecule has 0 saturated heterocycles. The normalized spacial score (nSPS) is 10.6. The lowest BCUT2D eigenvalue weighted by molar-refractivity contribution is 0.251. The van der Waals surface area contributed by atoms with E-state index in [0.29, 0.717) is 24.8 Å². The third-order valence-electron chi connectivity index (χ3n) is 2.84. The van der Waals surface area contributed by atoms with Gasteiger partial charge in [-0.25, -0.2) is 4.98 Å². The summed E-state index contributed by atoms with van der Waals surface area (Å²) in [6, 6.07) is 5.42. The fraction of sp³-hybridized carbons (Fsp3) is 0.429. The van der Waals surface area contributed by atoms with Gasteiger partial charge in [-0.2, -0.15) is 5.10 Å². The van der Waals surface area contributed by atoms with E-state index in [1.54, 1.807) is 23.9 Å². The lowest BCUT2D eigenvalue weighted by atomic mass is 10.2. The van der Waals surface area contributed by atoms with E-state index in [0.717, 1.165) is 17.7 Å². The largest absolute Gasteiger partial charge is 0.493 e. The van der Waals surface area contributed by atoms with Crippen LogP contribution in [0.3, 0.4) is 0 Å². The molecule has 0 fully saturated rings. The second kappa shape index (κ2) is 6.91. The molecule has 6 heteroatoms. The summed E-state index contributed by atoms with van der Waals surface area (Å²) in [4.78, 5) is 4.09. The first-order valence-electron chi connectivity index (χ1n) is 6.56. The van der Waals surface area contributed by atoms with Gasteiger partial charge in [-0.3, -0.25) is 4.68 Å². The number of hydrogen-bond acceptors (Lipinski definition) is 5. The molecule has 0 amide bonds. The van der Waals surface area contributed by atoms with Crippen LogP contribution in [0.2, 0.25) is 0 Å². The van der Waals surface area contributed by atoms with Gasteiger partial charge in [0.1, 0.15) is 24.4 Å². The van der Waals surface area contributed by atoms with Gasteiger partial charge in [0.25, 0.3) is 0 Å². The second-order valence-corrected chi connectivity index (χ2v) is 4.36. The Morgan fingerprint density at radius 3 is 2.80 bits per heavy atom. The predicted octanol–water partition coefficient (Wildman–Crippen LogP) is 1.68. The van der Waals surface area contributed by atoms with Gasteiger partial charge in [0.15, 0.2) is 5.82 Å². The summed E-state index contributed by atoms with van der Waals surface area (Å²) < 4.78 is 12.9. The lowest BCUT2D eigenvalue weighted by Crippen LogP contribution is -2.06. The van der Waals surface area contributed by atoms with Crippen LogP contribution in [0.5, 0.6) is 11.5 Å². The summed E-state index contributed by atoms with van der Waals surface area (Å²) in [5.41, 5.74) is 0.719. The molecule has 0 radical (unpaired) electrons. The molecular formula is C14H19N3O3. The molecule has 0 atom stereocenters. The molecule has 2 rings (SSSR count). The molecule has 0 bridgehead atoms. The summed E-state index contributed by atoms with van der Waals surface area (Å²) in [6.07, 6.45) is 2.42. The Morgan fingerprint density at radius 1 is 1.30 bits per heavy atom. The van der Waals surface area contributed by atoms with Crippen LogP contribution in [0.1, 0.15) is 24.7 Å². The van der Waals surface area contributed by atoms with Gasteiger partial charge in [-0.05, 0) is 18.6 Å². The highest BCUT2D eigenvalue weighted by molar-refractivity contribution is 5.40. The van der Waals surface area contributed by atoms with E-state index in [4.69, 9.17) is 9.47 Å². The highest BCUT2D eigenvalue weighted by Gasteiger charge is 2.08. The van der Waals surface area contributed by atoms with Crippen molar-refractivity contribution in [3.8, 4) is 11.5 Å². The molecule has 0 aliphatic carbocycles. The number of aliphatic hydroxyl groups is 1. The number of ether oxygens (including phenoxy) is 2. The Balaban J connectivity index is 2.09. The van der Waals surface area contributed by atoms with Crippen LogP contribution in [0.25, 0.3) is 0 Å². The second-order valence-electron chi connectivity index (χ2n) is 4.36. The monoisotopic (exact) mass is 277 g/mol. The smallest absolute Gasteiger partial charge is 0.164 e. The van der Waals surface area contributed by atoms with Gasteiger partial charge in [0, 0.05) is 18.7 Å². The van der Waals surface area contributed by atoms with Crippen molar-refractivity contribution >= 4 is 0 Å². The van der Waals surface area contributed by atoms with Crippen LogP contribution < -0.4 is 9.47 Å². The minimum Gasteiger partial charge on any atom is -0.493 e. The average molecular weight is 277 g/mol. The number of aryl methyl sites for hydroxylation is 1. The van der Waals surface area contributed by atoms with Gasteiger partial charge in [-0.15, -0.1) is 0 Å². The van der Waals surface area contributed by atoms with Crippen molar-refractivity contribution in [2.24, 2.45) is 7.05 Å². The highest BCUT2D eigenvalue weighted by Crippen LogP contribution is 2.25. The van der Waals surface area contributed by atoms with Gasteiger partial charge in [0.2, 0.25) is 0 Å². The van der Waals surface area contributed by atoms with Crippen LogP contribution >= 0.6 is 0 Å². The third kappa shape index (κ3) is 3.48. The van der Waals surface area contributed by atoms with E-state index >= 15 is 0 Å². The number of rotatable bonds is 7. The molecule has 0 spiro atoms. The van der Waals surface area contributed by atoms with Crippen molar-refractivity contribution in [1.82, 2.24) is 14.8 Å². The van der Waals surface area contributed by atoms with Crippen molar-refractivity contribution in [1.29, 1.82) is 0 Å². The zero-order valence-electron chi connectivity index (χ0n) is 11.7. The van der Waals surface area contributed by atoms with E-state index in [9.17, 15) is 5.11 Å². The molecule has 20 heavy (non-hydrogen) atoms. The molecule has 0 aliphatic rings. The molecule has 1 aromatic carbocycles. The van der Waals surface area contributed by atoms with Gasteiger partial charge in [-0.1, -0.05) is 6.92 Å². The molecule has 1 N–H and O–H groups in total. The molecule has 1 aromatic heterocycles. The highest BCUT2D eigenvalue weighted by atomic mass is 16.5. The summed E-state index contributed by atoms with van der Waals surface area (Å²) in [5, 5.41) is 13.3.